The number of nitrogens with two attached hydrogens (primary N) is 1. The molecule has 1 aromatic heterocycles. The number of halogens is 1. The van der Waals surface area contributed by atoms with E-state index >= 15 is 0 Å². The highest BCUT2D eigenvalue weighted by molar-refractivity contribution is 14.0. The van der Waals surface area contributed by atoms with Crippen molar-refractivity contribution in [1.82, 2.24) is 10.3 Å². The minimum Gasteiger partial charge on any atom is -0.370 e. The van der Waals surface area contributed by atoms with E-state index in [1.54, 1.807) is 12.3 Å². The first kappa shape index (κ1) is 21.6. The van der Waals surface area contributed by atoms with Gasteiger partial charge in [0, 0.05) is 25.7 Å². The van der Waals surface area contributed by atoms with Gasteiger partial charge in [0.15, 0.2) is 5.96 Å². The third-order valence-corrected chi connectivity index (χ3v) is 3.13. The maximum atomic E-state index is 11.7. The SMILES string of the molecule is CCCCCCN=C(N)NCCC(=O)Nc1ccc(C)cn1.I. The van der Waals surface area contributed by atoms with Crippen molar-refractivity contribution in [2.45, 2.75) is 46.0 Å². The lowest BCUT2D eigenvalue weighted by molar-refractivity contribution is -0.116. The number of aliphatic imine (C=N–C) groups is 1. The molecule has 0 aliphatic rings. The summed E-state index contributed by atoms with van der Waals surface area (Å²) in [5, 5.41) is 5.68. The van der Waals surface area contributed by atoms with Gasteiger partial charge in [0.25, 0.3) is 0 Å². The Hall–Kier alpha value is -1.38. The van der Waals surface area contributed by atoms with Crippen LogP contribution in [0, 0.1) is 6.92 Å². The fraction of sp³-hybridized carbons (Fsp3) is 0.562. The fourth-order valence-electron chi connectivity index (χ4n) is 1.85. The van der Waals surface area contributed by atoms with Gasteiger partial charge in [-0.15, -0.1) is 24.0 Å². The van der Waals surface area contributed by atoms with E-state index in [1.165, 1.54) is 19.3 Å². The number of guanidine groups is 1. The van der Waals surface area contributed by atoms with Gasteiger partial charge in [-0.05, 0) is 25.0 Å². The first-order valence-corrected chi connectivity index (χ1v) is 7.88. The zero-order chi connectivity index (χ0) is 16.2. The summed E-state index contributed by atoms with van der Waals surface area (Å²) in [5.41, 5.74) is 6.80. The number of rotatable bonds is 9. The summed E-state index contributed by atoms with van der Waals surface area (Å²) in [7, 11) is 0. The zero-order valence-corrected chi connectivity index (χ0v) is 16.3. The molecule has 130 valence electrons. The Morgan fingerprint density at radius 2 is 2.09 bits per heavy atom. The normalized spacial score (nSPS) is 10.8. The van der Waals surface area contributed by atoms with Crippen molar-refractivity contribution in [1.29, 1.82) is 0 Å². The van der Waals surface area contributed by atoms with E-state index in [9.17, 15) is 4.79 Å². The quantitative estimate of drug-likeness (QED) is 0.242. The Morgan fingerprint density at radius 3 is 2.74 bits per heavy atom. The van der Waals surface area contributed by atoms with Crippen molar-refractivity contribution in [2.24, 2.45) is 10.7 Å². The van der Waals surface area contributed by atoms with Crippen LogP contribution < -0.4 is 16.4 Å². The predicted molar refractivity (Wildman–Crippen MR) is 106 cm³/mol. The summed E-state index contributed by atoms with van der Waals surface area (Å²) in [6.45, 7) is 5.32. The highest BCUT2D eigenvalue weighted by Gasteiger charge is 2.03. The number of aryl methyl sites for hydroxylation is 1. The smallest absolute Gasteiger partial charge is 0.227 e. The summed E-state index contributed by atoms with van der Waals surface area (Å²) >= 11 is 0. The van der Waals surface area contributed by atoms with E-state index < -0.39 is 0 Å². The summed E-state index contributed by atoms with van der Waals surface area (Å²) < 4.78 is 0. The molecule has 0 atom stereocenters. The van der Waals surface area contributed by atoms with Gasteiger partial charge in [-0.25, -0.2) is 4.98 Å². The van der Waals surface area contributed by atoms with Gasteiger partial charge >= 0.3 is 0 Å². The molecule has 4 N–H and O–H groups in total. The first-order valence-electron chi connectivity index (χ1n) is 7.88. The van der Waals surface area contributed by atoms with E-state index in [4.69, 9.17) is 5.73 Å². The number of aromatic nitrogens is 1. The number of carbonyl (C=O) groups is 1. The second-order valence-electron chi connectivity index (χ2n) is 5.27. The third kappa shape index (κ3) is 10.9. The number of pyridine rings is 1. The molecule has 0 saturated heterocycles. The predicted octanol–water partition coefficient (Wildman–Crippen LogP) is 2.82. The monoisotopic (exact) mass is 433 g/mol. The van der Waals surface area contributed by atoms with Gasteiger partial charge < -0.3 is 16.4 Å². The van der Waals surface area contributed by atoms with Crippen molar-refractivity contribution >= 4 is 41.7 Å². The van der Waals surface area contributed by atoms with Crippen LogP contribution >= 0.6 is 24.0 Å². The lowest BCUT2D eigenvalue weighted by Gasteiger charge is -2.07. The van der Waals surface area contributed by atoms with Crippen LogP contribution in [0.5, 0.6) is 0 Å². The van der Waals surface area contributed by atoms with Crippen molar-refractivity contribution in [3.05, 3.63) is 23.9 Å². The maximum Gasteiger partial charge on any atom is 0.227 e. The van der Waals surface area contributed by atoms with E-state index in [0.717, 1.165) is 18.5 Å². The number of anilines is 1. The Labute approximate surface area is 155 Å². The van der Waals surface area contributed by atoms with E-state index in [-0.39, 0.29) is 29.9 Å². The summed E-state index contributed by atoms with van der Waals surface area (Å²) in [6.07, 6.45) is 6.71. The van der Waals surface area contributed by atoms with Crippen LogP contribution in [-0.4, -0.2) is 29.9 Å². The minimum absolute atomic E-state index is 0. The second kappa shape index (κ2) is 13.1. The molecule has 0 aromatic carbocycles. The average molecular weight is 433 g/mol. The Morgan fingerprint density at radius 1 is 1.30 bits per heavy atom. The molecule has 7 heteroatoms. The van der Waals surface area contributed by atoms with Crippen LogP contribution in [0.25, 0.3) is 0 Å². The number of amides is 1. The van der Waals surface area contributed by atoms with Gasteiger partial charge in [0.1, 0.15) is 5.82 Å². The molecule has 0 aliphatic heterocycles. The number of carbonyl (C=O) groups excluding carboxylic acids is 1. The summed E-state index contributed by atoms with van der Waals surface area (Å²) in [5.74, 6) is 0.866. The van der Waals surface area contributed by atoms with Crippen LogP contribution in [0.15, 0.2) is 23.3 Å². The lowest BCUT2D eigenvalue weighted by atomic mass is 10.2. The Bertz CT molecular complexity index is 476. The Kier molecular flexibility index (Phi) is 12.3. The molecule has 1 heterocycles. The van der Waals surface area contributed by atoms with Gasteiger partial charge in [0.2, 0.25) is 5.91 Å². The first-order chi connectivity index (χ1) is 10.6. The van der Waals surface area contributed by atoms with Crippen molar-refractivity contribution in [3.63, 3.8) is 0 Å². The lowest BCUT2D eigenvalue weighted by Crippen LogP contribution is -2.34. The molecule has 23 heavy (non-hydrogen) atoms. The molecule has 0 unspecified atom stereocenters. The van der Waals surface area contributed by atoms with Gasteiger partial charge in [-0.3, -0.25) is 9.79 Å². The van der Waals surface area contributed by atoms with Crippen molar-refractivity contribution < 1.29 is 4.79 Å². The summed E-state index contributed by atoms with van der Waals surface area (Å²) in [6, 6.07) is 3.69. The molecule has 0 aliphatic carbocycles. The Balaban J connectivity index is 0.00000484. The van der Waals surface area contributed by atoms with Crippen molar-refractivity contribution in [2.75, 3.05) is 18.4 Å². The van der Waals surface area contributed by atoms with Crippen LogP contribution in [-0.2, 0) is 4.79 Å². The molecule has 0 radical (unpaired) electrons. The topological polar surface area (TPSA) is 92.4 Å². The number of nitrogens with zero attached hydrogens (tertiary/aromatic N) is 2. The maximum absolute atomic E-state index is 11.7. The van der Waals surface area contributed by atoms with E-state index in [2.05, 4.69) is 27.5 Å². The number of unbranched alkanes of at least 4 members (excludes halogenated alkanes) is 3. The third-order valence-electron chi connectivity index (χ3n) is 3.13. The minimum atomic E-state index is -0.0976. The molecule has 1 rings (SSSR count). The largest absolute Gasteiger partial charge is 0.370 e. The molecule has 0 bridgehead atoms. The molecular formula is C16H28IN5O. The average Bonchev–Trinajstić information content (AvgIpc) is 2.49. The highest BCUT2D eigenvalue weighted by Crippen LogP contribution is 2.03. The number of nitrogens with one attached hydrogen (secondary N) is 2. The van der Waals surface area contributed by atoms with Crippen LogP contribution in [0.2, 0.25) is 0 Å². The zero-order valence-electron chi connectivity index (χ0n) is 14.0. The van der Waals surface area contributed by atoms with E-state index in [0.29, 0.717) is 24.7 Å². The number of hydrogen-bond donors (Lipinski definition) is 3. The van der Waals surface area contributed by atoms with Gasteiger partial charge in [-0.1, -0.05) is 32.3 Å². The molecule has 0 fully saturated rings. The molecule has 1 aromatic rings. The fourth-order valence-corrected chi connectivity index (χ4v) is 1.85. The van der Waals surface area contributed by atoms with Crippen LogP contribution in [0.1, 0.15) is 44.6 Å². The van der Waals surface area contributed by atoms with E-state index in [1.807, 2.05) is 13.0 Å². The van der Waals surface area contributed by atoms with Crippen LogP contribution in [0.4, 0.5) is 5.82 Å². The number of hydrogen-bond acceptors (Lipinski definition) is 3. The van der Waals surface area contributed by atoms with Gasteiger partial charge in [-0.2, -0.15) is 0 Å². The molecule has 0 saturated carbocycles. The highest BCUT2D eigenvalue weighted by atomic mass is 127. The van der Waals surface area contributed by atoms with Crippen LogP contribution in [0.3, 0.4) is 0 Å². The molecule has 1 amide bonds. The van der Waals surface area contributed by atoms with Gasteiger partial charge in [0.05, 0.1) is 0 Å². The molecular weight excluding hydrogens is 405 g/mol. The standard InChI is InChI=1S/C16H27N5O.HI/c1-3-4-5-6-10-18-16(17)19-11-9-15(22)21-14-8-7-13(2)12-20-14;/h7-8,12H,3-6,9-11H2,1-2H3,(H3,17,18,19)(H,20,21,22);1H. The van der Waals surface area contributed by atoms with Crippen molar-refractivity contribution in [3.8, 4) is 0 Å². The summed E-state index contributed by atoms with van der Waals surface area (Å²) in [4.78, 5) is 20.1. The molecule has 0 spiro atoms. The molecule has 6 nitrogen and oxygen atoms in total. The second-order valence-corrected chi connectivity index (χ2v) is 5.27.